The first-order chi connectivity index (χ1) is 10.5. The smallest absolute Gasteiger partial charge is 0.186 e. The van der Waals surface area contributed by atoms with Gasteiger partial charge in [-0.25, -0.2) is 0 Å². The Kier molecular flexibility index (Phi) is 4.52. The fourth-order valence-corrected chi connectivity index (χ4v) is 3.10. The third-order valence-electron chi connectivity index (χ3n) is 4.08. The van der Waals surface area contributed by atoms with Gasteiger partial charge < -0.3 is 23.7 Å². The van der Waals surface area contributed by atoms with Gasteiger partial charge >= 0.3 is 0 Å². The van der Waals surface area contributed by atoms with E-state index in [-0.39, 0.29) is 24.4 Å². The molecule has 0 radical (unpaired) electrons. The predicted octanol–water partition coefficient (Wildman–Crippen LogP) is 2.48. The number of hydrogen-bond donors (Lipinski definition) is 0. The maximum Gasteiger partial charge on any atom is 0.186 e. The predicted molar refractivity (Wildman–Crippen MR) is 80.2 cm³/mol. The summed E-state index contributed by atoms with van der Waals surface area (Å²) in [6.07, 6.45) is -1.24. The van der Waals surface area contributed by atoms with Crippen LogP contribution in [0.15, 0.2) is 30.3 Å². The second kappa shape index (κ2) is 6.26. The van der Waals surface area contributed by atoms with Crippen molar-refractivity contribution in [3.05, 3.63) is 35.9 Å². The summed E-state index contributed by atoms with van der Waals surface area (Å²) < 4.78 is 29.4. The van der Waals surface area contributed by atoms with E-state index in [9.17, 15) is 0 Å². The quantitative estimate of drug-likeness (QED) is 0.855. The van der Waals surface area contributed by atoms with Crippen molar-refractivity contribution >= 4 is 0 Å². The van der Waals surface area contributed by atoms with Crippen molar-refractivity contribution in [1.29, 1.82) is 0 Å². The van der Waals surface area contributed by atoms with Crippen molar-refractivity contribution in [2.45, 2.75) is 63.9 Å². The van der Waals surface area contributed by atoms with Crippen LogP contribution in [0.4, 0.5) is 0 Å². The highest BCUT2D eigenvalue weighted by Crippen LogP contribution is 2.38. The van der Waals surface area contributed by atoms with E-state index in [4.69, 9.17) is 23.7 Å². The highest BCUT2D eigenvalue weighted by Gasteiger charge is 2.55. The molecule has 1 aromatic rings. The molecule has 5 nitrogen and oxygen atoms in total. The monoisotopic (exact) mass is 308 g/mol. The van der Waals surface area contributed by atoms with E-state index in [0.717, 1.165) is 5.56 Å². The lowest BCUT2D eigenvalue weighted by Gasteiger charge is -2.40. The number of ether oxygens (including phenoxy) is 5. The molecule has 0 N–H and O–H groups in total. The average molecular weight is 308 g/mol. The lowest BCUT2D eigenvalue weighted by Crippen LogP contribution is -2.56. The molecule has 2 saturated heterocycles. The highest BCUT2D eigenvalue weighted by atomic mass is 16.8. The van der Waals surface area contributed by atoms with E-state index in [2.05, 4.69) is 0 Å². The molecule has 5 atom stereocenters. The van der Waals surface area contributed by atoms with Gasteiger partial charge in [-0.3, -0.25) is 0 Å². The maximum absolute atomic E-state index is 6.10. The zero-order chi connectivity index (χ0) is 15.7. The molecule has 2 aliphatic heterocycles. The third-order valence-corrected chi connectivity index (χ3v) is 4.08. The minimum atomic E-state index is -0.659. The summed E-state index contributed by atoms with van der Waals surface area (Å²) >= 11 is 0. The van der Waals surface area contributed by atoms with Crippen LogP contribution in [0, 0.1) is 0 Å². The topological polar surface area (TPSA) is 46.2 Å². The number of hydrogen-bond acceptors (Lipinski definition) is 5. The van der Waals surface area contributed by atoms with Crippen molar-refractivity contribution in [2.24, 2.45) is 0 Å². The van der Waals surface area contributed by atoms with Crippen molar-refractivity contribution in [3.63, 3.8) is 0 Å². The summed E-state index contributed by atoms with van der Waals surface area (Å²) in [6.45, 7) is 6.30. The number of methoxy groups -OCH3 is 1. The van der Waals surface area contributed by atoms with Gasteiger partial charge in [-0.2, -0.15) is 0 Å². The van der Waals surface area contributed by atoms with Crippen LogP contribution in [-0.4, -0.2) is 43.6 Å². The summed E-state index contributed by atoms with van der Waals surface area (Å²) in [6, 6.07) is 10.1. The molecule has 2 fully saturated rings. The second-order valence-corrected chi connectivity index (χ2v) is 6.27. The Balaban J connectivity index is 1.72. The Bertz CT molecular complexity index is 489. The molecule has 0 aromatic heterocycles. The van der Waals surface area contributed by atoms with Crippen molar-refractivity contribution < 1.29 is 23.7 Å². The van der Waals surface area contributed by atoms with E-state index >= 15 is 0 Å². The number of fused-ring (bicyclic) bond motifs is 1. The minimum Gasteiger partial charge on any atom is -0.368 e. The van der Waals surface area contributed by atoms with Crippen LogP contribution >= 0.6 is 0 Å². The summed E-state index contributed by atoms with van der Waals surface area (Å²) in [4.78, 5) is 0. The Morgan fingerprint density at radius 1 is 1.09 bits per heavy atom. The molecule has 1 aromatic carbocycles. The zero-order valence-electron chi connectivity index (χ0n) is 13.5. The first kappa shape index (κ1) is 15.9. The van der Waals surface area contributed by atoms with Crippen LogP contribution in [0.25, 0.3) is 0 Å². The van der Waals surface area contributed by atoms with Crippen LogP contribution < -0.4 is 0 Å². The van der Waals surface area contributed by atoms with Gasteiger partial charge in [-0.15, -0.1) is 0 Å². The van der Waals surface area contributed by atoms with E-state index in [1.807, 2.05) is 51.1 Å². The SMILES string of the molecule is CO[C@@H]1O[C@@H](C)[C@@H](OCc2ccccc2)[C@H]2OC(C)(C)O[C@@H]12. The standard InChI is InChI=1S/C17H24O5/c1-11-13(19-10-12-8-6-5-7-9-12)14-15(16(18-4)20-11)22-17(2,3)21-14/h5-9,11,13-16H,10H2,1-4H3/t11-,13+,14+,15+,16+/m0/s1. The fourth-order valence-electron chi connectivity index (χ4n) is 3.10. The zero-order valence-corrected chi connectivity index (χ0v) is 13.5. The molecule has 2 aliphatic rings. The minimum absolute atomic E-state index is 0.132. The van der Waals surface area contributed by atoms with Gasteiger partial charge in [0.2, 0.25) is 0 Å². The largest absolute Gasteiger partial charge is 0.368 e. The Morgan fingerprint density at radius 2 is 1.77 bits per heavy atom. The molecule has 0 aliphatic carbocycles. The highest BCUT2D eigenvalue weighted by molar-refractivity contribution is 5.13. The molecule has 5 heteroatoms. The van der Waals surface area contributed by atoms with Gasteiger partial charge in [-0.05, 0) is 26.3 Å². The Hall–Kier alpha value is -0.980. The van der Waals surface area contributed by atoms with Gasteiger partial charge in [0.15, 0.2) is 12.1 Å². The van der Waals surface area contributed by atoms with Gasteiger partial charge in [0.25, 0.3) is 0 Å². The molecule has 122 valence electrons. The molecule has 22 heavy (non-hydrogen) atoms. The van der Waals surface area contributed by atoms with E-state index in [1.54, 1.807) is 7.11 Å². The molecule has 0 amide bonds. The molecule has 0 saturated carbocycles. The summed E-state index contributed by atoms with van der Waals surface area (Å²) in [5.41, 5.74) is 1.12. The van der Waals surface area contributed by atoms with Crippen LogP contribution in [0.1, 0.15) is 26.3 Å². The lowest BCUT2D eigenvalue weighted by molar-refractivity contribution is -0.271. The van der Waals surface area contributed by atoms with E-state index in [1.165, 1.54) is 0 Å². The van der Waals surface area contributed by atoms with Crippen LogP contribution in [-0.2, 0) is 30.3 Å². The summed E-state index contributed by atoms with van der Waals surface area (Å²) in [5, 5.41) is 0. The maximum atomic E-state index is 6.10. The summed E-state index contributed by atoms with van der Waals surface area (Å²) in [5.74, 6) is -0.659. The second-order valence-electron chi connectivity index (χ2n) is 6.27. The van der Waals surface area contributed by atoms with Crippen LogP contribution in [0.2, 0.25) is 0 Å². The Morgan fingerprint density at radius 3 is 2.45 bits per heavy atom. The van der Waals surface area contributed by atoms with Gasteiger partial charge in [0.05, 0.1) is 12.7 Å². The molecule has 2 heterocycles. The summed E-state index contributed by atoms with van der Waals surface area (Å²) in [7, 11) is 1.62. The fraction of sp³-hybridized carbons (Fsp3) is 0.647. The average Bonchev–Trinajstić information content (AvgIpc) is 2.82. The lowest BCUT2D eigenvalue weighted by atomic mass is 9.99. The normalized spacial score (nSPS) is 37.0. The first-order valence-corrected chi connectivity index (χ1v) is 7.69. The molecule has 0 spiro atoms. The van der Waals surface area contributed by atoms with Crippen LogP contribution in [0.3, 0.4) is 0 Å². The van der Waals surface area contributed by atoms with Gasteiger partial charge in [0, 0.05) is 7.11 Å². The number of rotatable bonds is 4. The van der Waals surface area contributed by atoms with E-state index < -0.39 is 12.1 Å². The van der Waals surface area contributed by atoms with Gasteiger partial charge in [0.1, 0.15) is 18.3 Å². The molecular formula is C17H24O5. The molecule has 0 unspecified atom stereocenters. The van der Waals surface area contributed by atoms with Crippen molar-refractivity contribution in [1.82, 2.24) is 0 Å². The number of benzene rings is 1. The van der Waals surface area contributed by atoms with Crippen LogP contribution in [0.5, 0.6) is 0 Å². The molecular weight excluding hydrogens is 284 g/mol. The molecule has 3 rings (SSSR count). The Labute approximate surface area is 131 Å². The van der Waals surface area contributed by atoms with Gasteiger partial charge in [-0.1, -0.05) is 30.3 Å². The van der Waals surface area contributed by atoms with E-state index in [0.29, 0.717) is 6.61 Å². The first-order valence-electron chi connectivity index (χ1n) is 7.69. The van der Waals surface area contributed by atoms with Crippen molar-refractivity contribution in [2.75, 3.05) is 7.11 Å². The molecule has 0 bridgehead atoms. The van der Waals surface area contributed by atoms with Crippen molar-refractivity contribution in [3.8, 4) is 0 Å². The third kappa shape index (κ3) is 3.19.